The van der Waals surface area contributed by atoms with E-state index in [-0.39, 0.29) is 17.5 Å². The molecule has 4 nitrogen and oxygen atoms in total. The van der Waals surface area contributed by atoms with Crippen LogP contribution in [0.25, 0.3) is 0 Å². The van der Waals surface area contributed by atoms with E-state index in [1.54, 1.807) is 0 Å². The van der Waals surface area contributed by atoms with Crippen molar-refractivity contribution >= 4 is 10.0 Å². The molecule has 2 rings (SSSR count). The first-order valence-corrected chi connectivity index (χ1v) is 8.03. The molecular weight excluding hydrogens is 291 g/mol. The fourth-order valence-corrected chi connectivity index (χ4v) is 3.01. The number of nitrogens with one attached hydrogen (secondary N) is 1. The predicted octanol–water partition coefficient (Wildman–Crippen LogP) is 2.19. The highest BCUT2D eigenvalue weighted by Crippen LogP contribution is 2.14. The van der Waals surface area contributed by atoms with Crippen molar-refractivity contribution in [3.8, 4) is 0 Å². The SMILES string of the molecule is NC(CCNS(=O)(=O)c1cccc(F)c1)c1ccccc1. The van der Waals surface area contributed by atoms with Crippen LogP contribution in [0.4, 0.5) is 4.39 Å². The smallest absolute Gasteiger partial charge is 0.240 e. The maximum atomic E-state index is 13.1. The first-order valence-electron chi connectivity index (χ1n) is 6.55. The molecule has 2 aromatic carbocycles. The van der Waals surface area contributed by atoms with Crippen molar-refractivity contribution < 1.29 is 12.8 Å². The Hall–Kier alpha value is -1.76. The van der Waals surface area contributed by atoms with Crippen LogP contribution in [0, 0.1) is 5.82 Å². The van der Waals surface area contributed by atoms with Gasteiger partial charge in [0.2, 0.25) is 10.0 Å². The van der Waals surface area contributed by atoms with E-state index in [1.165, 1.54) is 18.2 Å². The van der Waals surface area contributed by atoms with Gasteiger partial charge in [0.1, 0.15) is 5.82 Å². The van der Waals surface area contributed by atoms with Crippen molar-refractivity contribution in [1.82, 2.24) is 4.72 Å². The summed E-state index contributed by atoms with van der Waals surface area (Å²) in [5.74, 6) is -0.584. The minimum Gasteiger partial charge on any atom is -0.324 e. The second-order valence-corrected chi connectivity index (χ2v) is 6.43. The molecule has 0 radical (unpaired) electrons. The Kier molecular flexibility index (Phi) is 5.06. The molecule has 2 aromatic rings. The maximum Gasteiger partial charge on any atom is 0.240 e. The van der Waals surface area contributed by atoms with Crippen LogP contribution in [-0.4, -0.2) is 15.0 Å². The summed E-state index contributed by atoms with van der Waals surface area (Å²) in [6.45, 7) is 0.189. The van der Waals surface area contributed by atoms with E-state index in [0.717, 1.165) is 11.6 Å². The maximum absolute atomic E-state index is 13.1. The average molecular weight is 308 g/mol. The van der Waals surface area contributed by atoms with Crippen LogP contribution in [0.5, 0.6) is 0 Å². The van der Waals surface area contributed by atoms with E-state index in [1.807, 2.05) is 30.3 Å². The van der Waals surface area contributed by atoms with Crippen molar-refractivity contribution in [2.24, 2.45) is 5.73 Å². The van der Waals surface area contributed by atoms with Crippen molar-refractivity contribution in [3.63, 3.8) is 0 Å². The Balaban J connectivity index is 1.94. The summed E-state index contributed by atoms with van der Waals surface area (Å²) in [4.78, 5) is -0.0872. The lowest BCUT2D eigenvalue weighted by Crippen LogP contribution is -2.27. The van der Waals surface area contributed by atoms with E-state index >= 15 is 0 Å². The normalized spacial score (nSPS) is 13.0. The molecule has 0 aliphatic carbocycles. The van der Waals surface area contributed by atoms with Gasteiger partial charge >= 0.3 is 0 Å². The summed E-state index contributed by atoms with van der Waals surface area (Å²) in [6.07, 6.45) is 0.457. The number of benzene rings is 2. The molecule has 1 unspecified atom stereocenters. The average Bonchev–Trinajstić information content (AvgIpc) is 2.48. The minimum absolute atomic E-state index is 0.0872. The number of sulfonamides is 1. The van der Waals surface area contributed by atoms with Gasteiger partial charge in [-0.2, -0.15) is 0 Å². The summed E-state index contributed by atoms with van der Waals surface area (Å²) in [5, 5.41) is 0. The Morgan fingerprint density at radius 1 is 1.10 bits per heavy atom. The molecule has 0 heterocycles. The van der Waals surface area contributed by atoms with Crippen LogP contribution in [0.15, 0.2) is 59.5 Å². The Morgan fingerprint density at radius 2 is 1.81 bits per heavy atom. The van der Waals surface area contributed by atoms with Gasteiger partial charge in [0.25, 0.3) is 0 Å². The standard InChI is InChI=1S/C15H17FN2O2S/c16-13-7-4-8-14(11-13)21(19,20)18-10-9-15(17)12-5-2-1-3-6-12/h1-8,11,15,18H,9-10,17H2. The second kappa shape index (κ2) is 6.80. The molecule has 6 heteroatoms. The molecule has 0 amide bonds. The number of halogens is 1. The van der Waals surface area contributed by atoms with Crippen LogP contribution in [0.1, 0.15) is 18.0 Å². The molecule has 112 valence electrons. The highest BCUT2D eigenvalue weighted by molar-refractivity contribution is 7.89. The minimum atomic E-state index is -3.71. The van der Waals surface area contributed by atoms with E-state index in [0.29, 0.717) is 6.42 Å². The Labute approximate surface area is 123 Å². The van der Waals surface area contributed by atoms with Gasteiger partial charge in [-0.05, 0) is 30.2 Å². The first-order chi connectivity index (χ1) is 9.99. The molecule has 1 atom stereocenters. The molecule has 0 aliphatic rings. The molecule has 0 saturated carbocycles. The monoisotopic (exact) mass is 308 g/mol. The summed E-state index contributed by atoms with van der Waals surface area (Å²) >= 11 is 0. The van der Waals surface area contributed by atoms with E-state index in [4.69, 9.17) is 5.73 Å². The molecule has 21 heavy (non-hydrogen) atoms. The van der Waals surface area contributed by atoms with Gasteiger partial charge in [-0.1, -0.05) is 36.4 Å². The Morgan fingerprint density at radius 3 is 2.48 bits per heavy atom. The number of rotatable bonds is 6. The van der Waals surface area contributed by atoms with Crippen molar-refractivity contribution in [2.45, 2.75) is 17.4 Å². The van der Waals surface area contributed by atoms with Crippen LogP contribution >= 0.6 is 0 Å². The fourth-order valence-electron chi connectivity index (χ4n) is 1.93. The van der Waals surface area contributed by atoms with Crippen LogP contribution in [0.2, 0.25) is 0 Å². The quantitative estimate of drug-likeness (QED) is 0.859. The molecule has 0 fully saturated rings. The number of hydrogen-bond donors (Lipinski definition) is 2. The summed E-state index contributed by atoms with van der Waals surface area (Å²) in [6, 6.07) is 14.1. The van der Waals surface area contributed by atoms with Crippen LogP contribution in [0.3, 0.4) is 0 Å². The van der Waals surface area contributed by atoms with Gasteiger partial charge in [0, 0.05) is 12.6 Å². The van der Waals surface area contributed by atoms with Crippen LogP contribution in [-0.2, 0) is 10.0 Å². The first kappa shape index (κ1) is 15.6. The third-order valence-electron chi connectivity index (χ3n) is 3.08. The zero-order valence-corrected chi connectivity index (χ0v) is 12.2. The zero-order chi connectivity index (χ0) is 15.3. The molecule has 0 spiro atoms. The van der Waals surface area contributed by atoms with Gasteiger partial charge in [0.15, 0.2) is 0 Å². The molecule has 0 aromatic heterocycles. The molecule has 0 aliphatic heterocycles. The number of nitrogens with two attached hydrogens (primary N) is 1. The predicted molar refractivity (Wildman–Crippen MR) is 79.6 cm³/mol. The van der Waals surface area contributed by atoms with Gasteiger partial charge in [-0.25, -0.2) is 17.5 Å². The molecule has 0 saturated heterocycles. The van der Waals surface area contributed by atoms with Gasteiger partial charge in [-0.3, -0.25) is 0 Å². The fraction of sp³-hybridized carbons (Fsp3) is 0.200. The highest BCUT2D eigenvalue weighted by Gasteiger charge is 2.15. The third kappa shape index (κ3) is 4.35. The van der Waals surface area contributed by atoms with Gasteiger partial charge in [-0.15, -0.1) is 0 Å². The lowest BCUT2D eigenvalue weighted by molar-refractivity contribution is 0.566. The van der Waals surface area contributed by atoms with Crippen molar-refractivity contribution in [2.75, 3.05) is 6.54 Å². The topological polar surface area (TPSA) is 72.2 Å². The van der Waals surface area contributed by atoms with E-state index in [9.17, 15) is 12.8 Å². The summed E-state index contributed by atoms with van der Waals surface area (Å²) in [7, 11) is -3.71. The van der Waals surface area contributed by atoms with E-state index < -0.39 is 15.8 Å². The zero-order valence-electron chi connectivity index (χ0n) is 11.4. The lowest BCUT2D eigenvalue weighted by Gasteiger charge is -2.12. The highest BCUT2D eigenvalue weighted by atomic mass is 32.2. The lowest BCUT2D eigenvalue weighted by atomic mass is 10.1. The Bertz CT molecular complexity index is 690. The van der Waals surface area contributed by atoms with E-state index in [2.05, 4.69) is 4.72 Å². The van der Waals surface area contributed by atoms with Gasteiger partial charge < -0.3 is 5.73 Å². The molecule has 3 N–H and O–H groups in total. The largest absolute Gasteiger partial charge is 0.324 e. The molecule has 0 bridgehead atoms. The van der Waals surface area contributed by atoms with Crippen LogP contribution < -0.4 is 10.5 Å². The summed E-state index contributed by atoms with van der Waals surface area (Å²) < 4.78 is 39.5. The third-order valence-corrected chi connectivity index (χ3v) is 4.54. The molecular formula is C15H17FN2O2S. The second-order valence-electron chi connectivity index (χ2n) is 4.66. The summed E-state index contributed by atoms with van der Waals surface area (Å²) in [5.41, 5.74) is 6.94. The van der Waals surface area contributed by atoms with Crippen molar-refractivity contribution in [1.29, 1.82) is 0 Å². The van der Waals surface area contributed by atoms with Crippen molar-refractivity contribution in [3.05, 3.63) is 66.0 Å². The van der Waals surface area contributed by atoms with Gasteiger partial charge in [0.05, 0.1) is 4.90 Å². The number of hydrogen-bond acceptors (Lipinski definition) is 3.